The molecule has 70 valence electrons. The molecule has 0 aromatic heterocycles. The van der Waals surface area contributed by atoms with Gasteiger partial charge in [0, 0.05) is 9.80 Å². The summed E-state index contributed by atoms with van der Waals surface area (Å²) in [5.74, 6) is 0. The molecule has 1 rings (SSSR count). The van der Waals surface area contributed by atoms with Gasteiger partial charge in [-0.25, -0.2) is 4.21 Å². The van der Waals surface area contributed by atoms with Crippen LogP contribution in [0.5, 0.6) is 0 Å². The van der Waals surface area contributed by atoms with Crippen molar-refractivity contribution < 1.29 is 9.32 Å². The summed E-state index contributed by atoms with van der Waals surface area (Å²) in [6.45, 7) is 5.25. The first kappa shape index (κ1) is 10.2. The summed E-state index contributed by atoms with van der Waals surface area (Å²) in [7, 11) is -1.28. The summed E-state index contributed by atoms with van der Waals surface area (Å²) < 4.78 is 11.5. The monoisotopic (exact) mass is 196 g/mol. The molecule has 3 heteroatoms. The molecule has 0 aliphatic rings. The lowest BCUT2D eigenvalue weighted by molar-refractivity contribution is 0.339. The molecule has 0 bridgehead atoms. The molecule has 2 nitrogen and oxygen atoms in total. The number of benzene rings is 1. The second-order valence-electron chi connectivity index (χ2n) is 2.78. The third-order valence-electron chi connectivity index (χ3n) is 1.67. The van der Waals surface area contributed by atoms with E-state index in [2.05, 4.69) is 6.58 Å². The van der Waals surface area contributed by atoms with E-state index in [9.17, 15) is 4.21 Å². The van der Waals surface area contributed by atoms with Crippen molar-refractivity contribution in [2.24, 2.45) is 0 Å². The Morgan fingerprint density at radius 2 is 2.00 bits per heavy atom. The van der Waals surface area contributed by atoms with Crippen LogP contribution in [-0.4, -0.2) is 15.9 Å². The van der Waals surface area contributed by atoms with Crippen molar-refractivity contribution in [1.29, 1.82) is 0 Å². The van der Waals surface area contributed by atoms with Gasteiger partial charge in [-0.1, -0.05) is 24.3 Å². The van der Waals surface area contributed by atoms with Crippen LogP contribution >= 0.6 is 0 Å². The van der Waals surface area contributed by atoms with E-state index in [0.717, 1.165) is 5.56 Å². The zero-order valence-electron chi connectivity index (χ0n) is 7.49. The van der Waals surface area contributed by atoms with Gasteiger partial charge in [0.15, 0.2) is 0 Å². The highest BCUT2D eigenvalue weighted by Gasteiger charge is 2.05. The third-order valence-corrected chi connectivity index (χ3v) is 3.03. The van der Waals surface area contributed by atoms with E-state index in [0.29, 0.717) is 9.80 Å². The minimum absolute atomic E-state index is 0.236. The highest BCUT2D eigenvalue weighted by atomic mass is 32.2. The first-order chi connectivity index (χ1) is 6.15. The molecule has 1 unspecified atom stereocenters. The molecule has 1 N–H and O–H groups in total. The van der Waals surface area contributed by atoms with E-state index in [4.69, 9.17) is 5.11 Å². The zero-order chi connectivity index (χ0) is 9.84. The van der Waals surface area contributed by atoms with E-state index in [1.165, 1.54) is 0 Å². The predicted octanol–water partition coefficient (Wildman–Crippen LogP) is 1.61. The SMILES string of the molecule is C=C(CO)S(=O)c1ccc(C)cc1. The first-order valence-corrected chi connectivity index (χ1v) is 5.07. The highest BCUT2D eigenvalue weighted by Crippen LogP contribution is 2.13. The topological polar surface area (TPSA) is 37.3 Å². The van der Waals surface area contributed by atoms with Crippen LogP contribution in [0.25, 0.3) is 0 Å². The second-order valence-corrected chi connectivity index (χ2v) is 4.36. The summed E-state index contributed by atoms with van der Waals surface area (Å²) in [6.07, 6.45) is 0. The predicted molar refractivity (Wildman–Crippen MR) is 53.8 cm³/mol. The van der Waals surface area contributed by atoms with E-state index < -0.39 is 10.8 Å². The van der Waals surface area contributed by atoms with Crippen molar-refractivity contribution in [2.75, 3.05) is 6.61 Å². The minimum Gasteiger partial charge on any atom is -0.391 e. The summed E-state index contributed by atoms with van der Waals surface area (Å²) >= 11 is 0. The fourth-order valence-electron chi connectivity index (χ4n) is 0.887. The van der Waals surface area contributed by atoms with Gasteiger partial charge in [-0.05, 0) is 19.1 Å². The van der Waals surface area contributed by atoms with Crippen LogP contribution in [0.15, 0.2) is 40.6 Å². The lowest BCUT2D eigenvalue weighted by Crippen LogP contribution is -1.98. The van der Waals surface area contributed by atoms with Gasteiger partial charge >= 0.3 is 0 Å². The average Bonchev–Trinajstić information content (AvgIpc) is 2.17. The molecule has 0 aliphatic heterocycles. The fraction of sp³-hybridized carbons (Fsp3) is 0.200. The summed E-state index contributed by atoms with van der Waals surface area (Å²) in [4.78, 5) is 1.02. The van der Waals surface area contributed by atoms with Gasteiger partial charge in [-0.2, -0.15) is 0 Å². The number of aryl methyl sites for hydroxylation is 1. The average molecular weight is 196 g/mol. The van der Waals surface area contributed by atoms with Gasteiger partial charge in [0.25, 0.3) is 0 Å². The smallest absolute Gasteiger partial charge is 0.0825 e. The van der Waals surface area contributed by atoms with Crippen LogP contribution in [0, 0.1) is 6.92 Å². The number of aliphatic hydroxyl groups excluding tert-OH is 1. The lowest BCUT2D eigenvalue weighted by atomic mass is 10.2. The van der Waals surface area contributed by atoms with Crippen LogP contribution in [-0.2, 0) is 10.8 Å². The van der Waals surface area contributed by atoms with E-state index >= 15 is 0 Å². The summed E-state index contributed by atoms with van der Waals surface area (Å²) in [5.41, 5.74) is 1.12. The molecule has 0 radical (unpaired) electrons. The van der Waals surface area contributed by atoms with Crippen LogP contribution in [0.4, 0.5) is 0 Å². The molecule has 0 amide bonds. The van der Waals surface area contributed by atoms with Crippen molar-refractivity contribution in [1.82, 2.24) is 0 Å². The van der Waals surface area contributed by atoms with Crippen molar-refractivity contribution in [3.63, 3.8) is 0 Å². The molecule has 0 saturated carbocycles. The van der Waals surface area contributed by atoms with Crippen LogP contribution < -0.4 is 0 Å². The highest BCUT2D eigenvalue weighted by molar-refractivity contribution is 7.89. The van der Waals surface area contributed by atoms with Crippen molar-refractivity contribution in [3.8, 4) is 0 Å². The minimum atomic E-state index is -1.28. The molecule has 0 aliphatic carbocycles. The van der Waals surface area contributed by atoms with Gasteiger partial charge in [0.1, 0.15) is 0 Å². The quantitative estimate of drug-likeness (QED) is 0.797. The van der Waals surface area contributed by atoms with Gasteiger partial charge in [-0.15, -0.1) is 0 Å². The molecule has 1 atom stereocenters. The number of aliphatic hydroxyl groups is 1. The Morgan fingerprint density at radius 3 is 2.46 bits per heavy atom. The van der Waals surface area contributed by atoms with E-state index in [1.54, 1.807) is 12.1 Å². The maximum atomic E-state index is 11.5. The molecular formula is C10H12O2S. The maximum absolute atomic E-state index is 11.5. The van der Waals surface area contributed by atoms with Crippen LogP contribution in [0.2, 0.25) is 0 Å². The summed E-state index contributed by atoms with van der Waals surface area (Å²) in [6, 6.07) is 7.34. The van der Waals surface area contributed by atoms with Crippen LogP contribution in [0.1, 0.15) is 5.56 Å². The Balaban J connectivity index is 2.90. The van der Waals surface area contributed by atoms with Gasteiger partial charge < -0.3 is 5.11 Å². The first-order valence-electron chi connectivity index (χ1n) is 3.92. The van der Waals surface area contributed by atoms with Gasteiger partial charge in [0.05, 0.1) is 17.4 Å². The molecule has 0 spiro atoms. The standard InChI is InChI=1S/C10H12O2S/c1-8-3-5-10(6-4-8)13(12)9(2)7-11/h3-6,11H,2,7H2,1H3. The second kappa shape index (κ2) is 4.35. The van der Waals surface area contributed by atoms with E-state index in [-0.39, 0.29) is 6.61 Å². The van der Waals surface area contributed by atoms with E-state index in [1.807, 2.05) is 19.1 Å². The molecule has 0 saturated heterocycles. The Morgan fingerprint density at radius 1 is 1.46 bits per heavy atom. The third kappa shape index (κ3) is 2.50. The molecule has 0 fully saturated rings. The maximum Gasteiger partial charge on any atom is 0.0825 e. The van der Waals surface area contributed by atoms with Gasteiger partial charge in [-0.3, -0.25) is 0 Å². The Kier molecular flexibility index (Phi) is 3.39. The Bertz CT molecular complexity index is 327. The van der Waals surface area contributed by atoms with Gasteiger partial charge in [0.2, 0.25) is 0 Å². The molecule has 0 heterocycles. The van der Waals surface area contributed by atoms with Crippen molar-refractivity contribution >= 4 is 10.8 Å². The van der Waals surface area contributed by atoms with Crippen molar-refractivity contribution in [3.05, 3.63) is 41.3 Å². The largest absolute Gasteiger partial charge is 0.391 e. The molecule has 13 heavy (non-hydrogen) atoms. The molecule has 1 aromatic carbocycles. The normalized spacial score (nSPS) is 12.5. The molecule has 1 aromatic rings. The van der Waals surface area contributed by atoms with Crippen molar-refractivity contribution in [2.45, 2.75) is 11.8 Å². The lowest BCUT2D eigenvalue weighted by Gasteiger charge is -2.02. The number of rotatable bonds is 3. The number of hydrogen-bond donors (Lipinski definition) is 1. The fourth-order valence-corrected chi connectivity index (χ4v) is 1.72. The Labute approximate surface area is 80.4 Å². The Hall–Kier alpha value is -0.930. The van der Waals surface area contributed by atoms with Crippen LogP contribution in [0.3, 0.4) is 0 Å². The number of hydrogen-bond acceptors (Lipinski definition) is 2. The molecular weight excluding hydrogens is 184 g/mol. The zero-order valence-corrected chi connectivity index (χ0v) is 8.30. The summed E-state index contributed by atoms with van der Waals surface area (Å²) in [5, 5.41) is 8.73.